The molecule has 2 N–H and O–H groups in total. The van der Waals surface area contributed by atoms with Crippen LogP contribution in [-0.4, -0.2) is 37.3 Å². The maximum atomic E-state index is 13.8. The molecule has 1 aromatic rings. The fourth-order valence-corrected chi connectivity index (χ4v) is 5.16. The van der Waals surface area contributed by atoms with Crippen LogP contribution in [0.25, 0.3) is 0 Å². The van der Waals surface area contributed by atoms with Crippen molar-refractivity contribution in [2.45, 2.75) is 30.8 Å². The molecule has 0 amide bonds. The van der Waals surface area contributed by atoms with Crippen molar-refractivity contribution in [3.05, 3.63) is 29.1 Å². The number of sulfonamides is 1. The molecule has 1 aromatic carbocycles. The van der Waals surface area contributed by atoms with Gasteiger partial charge in [-0.15, -0.1) is 0 Å². The third-order valence-corrected chi connectivity index (χ3v) is 6.65. The lowest BCUT2D eigenvalue weighted by molar-refractivity contribution is 0.394. The van der Waals surface area contributed by atoms with Gasteiger partial charge in [-0.25, -0.2) is 12.8 Å². The second kappa shape index (κ2) is 6.01. The van der Waals surface area contributed by atoms with E-state index in [1.807, 2.05) is 0 Å². The Balaban J connectivity index is 2.41. The van der Waals surface area contributed by atoms with Gasteiger partial charge in [0.25, 0.3) is 0 Å². The van der Waals surface area contributed by atoms with E-state index in [0.29, 0.717) is 5.56 Å². The van der Waals surface area contributed by atoms with Gasteiger partial charge in [0.2, 0.25) is 10.0 Å². The SMILES string of the molecule is Cc1cc(S(=O)(=O)N(C)C2CCSC2)cc(CN)c1F. The van der Waals surface area contributed by atoms with E-state index < -0.39 is 15.8 Å². The largest absolute Gasteiger partial charge is 0.326 e. The van der Waals surface area contributed by atoms with Crippen LogP contribution in [0.5, 0.6) is 0 Å². The van der Waals surface area contributed by atoms with Crippen LogP contribution in [0.1, 0.15) is 17.5 Å². The molecule has 1 heterocycles. The van der Waals surface area contributed by atoms with Crippen LogP contribution in [0.15, 0.2) is 17.0 Å². The Morgan fingerprint density at radius 2 is 2.20 bits per heavy atom. The molecule has 0 aliphatic carbocycles. The Labute approximate surface area is 123 Å². The maximum absolute atomic E-state index is 13.8. The minimum atomic E-state index is -3.60. The van der Waals surface area contributed by atoms with Crippen molar-refractivity contribution in [3.63, 3.8) is 0 Å². The summed E-state index contributed by atoms with van der Waals surface area (Å²) >= 11 is 1.75. The van der Waals surface area contributed by atoms with Gasteiger partial charge in [0.05, 0.1) is 4.90 Å². The zero-order chi connectivity index (χ0) is 14.9. The summed E-state index contributed by atoms with van der Waals surface area (Å²) in [7, 11) is -2.01. The lowest BCUT2D eigenvalue weighted by atomic mass is 10.1. The van der Waals surface area contributed by atoms with E-state index in [1.54, 1.807) is 25.7 Å². The molecule has 1 atom stereocenters. The third-order valence-electron chi connectivity index (χ3n) is 3.62. The van der Waals surface area contributed by atoms with Gasteiger partial charge < -0.3 is 5.73 Å². The van der Waals surface area contributed by atoms with Crippen LogP contribution in [0.2, 0.25) is 0 Å². The smallest absolute Gasteiger partial charge is 0.243 e. The number of hydrogen-bond donors (Lipinski definition) is 1. The molecule has 4 nitrogen and oxygen atoms in total. The molecular formula is C13H19FN2O2S2. The Morgan fingerprint density at radius 1 is 1.50 bits per heavy atom. The van der Waals surface area contributed by atoms with E-state index in [2.05, 4.69) is 0 Å². The van der Waals surface area contributed by atoms with Gasteiger partial charge in [0.1, 0.15) is 5.82 Å². The fraction of sp³-hybridized carbons (Fsp3) is 0.538. The number of halogens is 1. The number of nitrogens with two attached hydrogens (primary N) is 1. The van der Waals surface area contributed by atoms with Crippen molar-refractivity contribution in [1.82, 2.24) is 4.31 Å². The van der Waals surface area contributed by atoms with Crippen LogP contribution in [0.4, 0.5) is 4.39 Å². The van der Waals surface area contributed by atoms with Crippen molar-refractivity contribution < 1.29 is 12.8 Å². The Kier molecular flexibility index (Phi) is 4.73. The van der Waals surface area contributed by atoms with Crippen LogP contribution < -0.4 is 5.73 Å². The van der Waals surface area contributed by atoms with E-state index in [-0.39, 0.29) is 23.0 Å². The van der Waals surface area contributed by atoms with Crippen molar-refractivity contribution in [2.75, 3.05) is 18.6 Å². The van der Waals surface area contributed by atoms with Gasteiger partial charge in [-0.2, -0.15) is 16.1 Å². The molecular weight excluding hydrogens is 299 g/mol. The highest BCUT2D eigenvalue weighted by Gasteiger charge is 2.31. The second-order valence-electron chi connectivity index (χ2n) is 4.96. The number of thioether (sulfide) groups is 1. The molecule has 1 unspecified atom stereocenters. The summed E-state index contributed by atoms with van der Waals surface area (Å²) in [5.41, 5.74) is 6.02. The Bertz CT molecular complexity index is 599. The average molecular weight is 318 g/mol. The number of benzene rings is 1. The van der Waals surface area contributed by atoms with E-state index in [1.165, 1.54) is 16.4 Å². The van der Waals surface area contributed by atoms with Gasteiger partial charge in [0, 0.05) is 31.0 Å². The molecule has 1 saturated heterocycles. The van der Waals surface area contributed by atoms with Crippen molar-refractivity contribution >= 4 is 21.8 Å². The van der Waals surface area contributed by atoms with Gasteiger partial charge in [0.15, 0.2) is 0 Å². The number of hydrogen-bond acceptors (Lipinski definition) is 4. The molecule has 0 spiro atoms. The maximum Gasteiger partial charge on any atom is 0.243 e. The number of nitrogens with zero attached hydrogens (tertiary/aromatic N) is 1. The first-order valence-electron chi connectivity index (χ1n) is 6.42. The predicted molar refractivity (Wildman–Crippen MR) is 79.7 cm³/mol. The van der Waals surface area contributed by atoms with Crippen LogP contribution in [-0.2, 0) is 16.6 Å². The van der Waals surface area contributed by atoms with E-state index in [9.17, 15) is 12.8 Å². The second-order valence-corrected chi connectivity index (χ2v) is 8.10. The average Bonchev–Trinajstić information content (AvgIpc) is 2.94. The minimum absolute atomic E-state index is 0.0108. The lowest BCUT2D eigenvalue weighted by Crippen LogP contribution is -2.37. The normalized spacial score (nSPS) is 19.8. The van der Waals surface area contributed by atoms with Crippen molar-refractivity contribution in [1.29, 1.82) is 0 Å². The quantitative estimate of drug-likeness (QED) is 0.918. The van der Waals surface area contributed by atoms with Crippen LogP contribution >= 0.6 is 11.8 Å². The summed E-state index contributed by atoms with van der Waals surface area (Å²) in [6.45, 7) is 1.54. The van der Waals surface area contributed by atoms with Crippen molar-refractivity contribution in [3.8, 4) is 0 Å². The highest BCUT2D eigenvalue weighted by molar-refractivity contribution is 7.99. The minimum Gasteiger partial charge on any atom is -0.326 e. The molecule has 0 bridgehead atoms. The van der Waals surface area contributed by atoms with Gasteiger partial charge in [-0.1, -0.05) is 0 Å². The topological polar surface area (TPSA) is 63.4 Å². The zero-order valence-corrected chi connectivity index (χ0v) is 13.2. The van der Waals surface area contributed by atoms with E-state index >= 15 is 0 Å². The summed E-state index contributed by atoms with van der Waals surface area (Å²) < 4.78 is 40.4. The summed E-state index contributed by atoms with van der Waals surface area (Å²) in [4.78, 5) is 0.122. The van der Waals surface area contributed by atoms with Crippen LogP contribution in [0, 0.1) is 12.7 Å². The van der Waals surface area contributed by atoms with Crippen molar-refractivity contribution in [2.24, 2.45) is 5.73 Å². The first kappa shape index (κ1) is 15.8. The Hall–Kier alpha value is -0.630. The lowest BCUT2D eigenvalue weighted by Gasteiger charge is -2.23. The monoisotopic (exact) mass is 318 g/mol. The predicted octanol–water partition coefficient (Wildman–Crippen LogP) is 1.72. The molecule has 0 saturated carbocycles. The first-order chi connectivity index (χ1) is 9.37. The molecule has 0 radical (unpaired) electrons. The molecule has 0 aromatic heterocycles. The molecule has 2 rings (SSSR count). The third kappa shape index (κ3) is 2.86. The summed E-state index contributed by atoms with van der Waals surface area (Å²) in [5.74, 6) is 1.35. The number of rotatable bonds is 4. The number of aryl methyl sites for hydroxylation is 1. The summed E-state index contributed by atoms with van der Waals surface area (Å²) in [6, 6.07) is 2.73. The summed E-state index contributed by atoms with van der Waals surface area (Å²) in [5, 5.41) is 0. The highest BCUT2D eigenvalue weighted by Crippen LogP contribution is 2.27. The van der Waals surface area contributed by atoms with Gasteiger partial charge >= 0.3 is 0 Å². The standard InChI is InChI=1S/C13H19FN2O2S2/c1-9-5-12(6-10(7-15)13(9)14)20(17,18)16(2)11-3-4-19-8-11/h5-6,11H,3-4,7-8,15H2,1-2H3. The highest BCUT2D eigenvalue weighted by atomic mass is 32.2. The first-order valence-corrected chi connectivity index (χ1v) is 9.02. The summed E-state index contributed by atoms with van der Waals surface area (Å²) in [6.07, 6.45) is 0.852. The molecule has 1 aliphatic heterocycles. The molecule has 112 valence electrons. The molecule has 1 aliphatic rings. The van der Waals surface area contributed by atoms with E-state index in [0.717, 1.165) is 17.9 Å². The Morgan fingerprint density at radius 3 is 2.75 bits per heavy atom. The molecule has 7 heteroatoms. The van der Waals surface area contributed by atoms with Gasteiger partial charge in [-0.05, 0) is 36.8 Å². The van der Waals surface area contributed by atoms with Gasteiger partial charge in [-0.3, -0.25) is 0 Å². The van der Waals surface area contributed by atoms with E-state index in [4.69, 9.17) is 5.73 Å². The zero-order valence-electron chi connectivity index (χ0n) is 11.6. The fourth-order valence-electron chi connectivity index (χ4n) is 2.28. The van der Waals surface area contributed by atoms with Crippen LogP contribution in [0.3, 0.4) is 0 Å². The molecule has 1 fully saturated rings. The molecule has 20 heavy (non-hydrogen) atoms.